The molecule has 0 atom stereocenters. The molecule has 0 aliphatic carbocycles. The molecule has 0 radical (unpaired) electrons. The van der Waals surface area contributed by atoms with E-state index in [9.17, 15) is 4.79 Å². The zero-order chi connectivity index (χ0) is 13.1. The van der Waals surface area contributed by atoms with Gasteiger partial charge in [-0.05, 0) is 18.8 Å². The minimum atomic E-state index is -0.688. The maximum absolute atomic E-state index is 10.7. The molecule has 1 aliphatic heterocycles. The summed E-state index contributed by atoms with van der Waals surface area (Å²) >= 11 is 1.45. The summed E-state index contributed by atoms with van der Waals surface area (Å²) in [6.45, 7) is 5.96. The third kappa shape index (κ3) is 3.19. The average Bonchev–Trinajstić information content (AvgIpc) is 2.78. The van der Waals surface area contributed by atoms with E-state index in [1.54, 1.807) is 0 Å². The molecule has 2 rings (SSSR count). The molecule has 0 spiro atoms. The maximum atomic E-state index is 10.7. The Bertz CT molecular complexity index is 411. The lowest BCUT2D eigenvalue weighted by Gasteiger charge is -2.30. The normalized spacial score (nSPS) is 17.4. The first-order chi connectivity index (χ1) is 8.56. The average molecular weight is 269 g/mol. The van der Waals surface area contributed by atoms with Gasteiger partial charge in [0.25, 0.3) is 0 Å². The largest absolute Gasteiger partial charge is 0.481 e. The van der Waals surface area contributed by atoms with Crippen molar-refractivity contribution in [3.63, 3.8) is 0 Å². The van der Waals surface area contributed by atoms with Crippen molar-refractivity contribution < 1.29 is 9.90 Å². The van der Waals surface area contributed by atoms with E-state index in [1.807, 2.05) is 0 Å². The minimum absolute atomic E-state index is 0.293. The van der Waals surface area contributed by atoms with E-state index in [-0.39, 0.29) is 0 Å². The summed E-state index contributed by atoms with van der Waals surface area (Å²) in [7, 11) is 0. The van der Waals surface area contributed by atoms with Crippen molar-refractivity contribution in [1.29, 1.82) is 0 Å². The summed E-state index contributed by atoms with van der Waals surface area (Å²) < 4.78 is 4.35. The molecular weight excluding hydrogens is 250 g/mol. The fourth-order valence-corrected chi connectivity index (χ4v) is 3.02. The first-order valence-electron chi connectivity index (χ1n) is 6.36. The summed E-state index contributed by atoms with van der Waals surface area (Å²) in [6.07, 6.45) is 2.16. The molecule has 1 fully saturated rings. The Balaban J connectivity index is 1.90. The smallest absolute Gasteiger partial charge is 0.303 e. The van der Waals surface area contributed by atoms with Crippen LogP contribution in [0.15, 0.2) is 0 Å². The number of carboxylic acid groups (broad SMARTS) is 1. The van der Waals surface area contributed by atoms with Crippen molar-refractivity contribution in [3.8, 4) is 0 Å². The lowest BCUT2D eigenvalue weighted by Crippen LogP contribution is -2.34. The van der Waals surface area contributed by atoms with E-state index < -0.39 is 5.97 Å². The Morgan fingerprint density at radius 1 is 1.50 bits per heavy atom. The Morgan fingerprint density at radius 2 is 2.17 bits per heavy atom. The third-order valence-electron chi connectivity index (χ3n) is 3.30. The summed E-state index contributed by atoms with van der Waals surface area (Å²) in [5, 5.41) is 9.76. The van der Waals surface area contributed by atoms with Crippen molar-refractivity contribution in [3.05, 3.63) is 5.82 Å². The van der Waals surface area contributed by atoms with Gasteiger partial charge in [0.05, 0.1) is 0 Å². The van der Waals surface area contributed by atoms with E-state index in [2.05, 4.69) is 28.1 Å². The van der Waals surface area contributed by atoms with Crippen LogP contribution in [-0.4, -0.2) is 33.5 Å². The molecule has 18 heavy (non-hydrogen) atoms. The molecule has 1 aromatic heterocycles. The van der Waals surface area contributed by atoms with Crippen molar-refractivity contribution >= 4 is 22.6 Å². The Hall–Kier alpha value is -1.17. The lowest BCUT2D eigenvalue weighted by molar-refractivity contribution is -0.138. The predicted octanol–water partition coefficient (Wildman–Crippen LogP) is 2.35. The first-order valence-corrected chi connectivity index (χ1v) is 7.14. The molecular formula is C12H19N3O2S. The summed E-state index contributed by atoms with van der Waals surface area (Å²) in [5.41, 5.74) is 0. The van der Waals surface area contributed by atoms with Gasteiger partial charge in [-0.3, -0.25) is 4.79 Å². The van der Waals surface area contributed by atoms with Crippen LogP contribution < -0.4 is 4.90 Å². The summed E-state index contributed by atoms with van der Waals surface area (Å²) in [4.78, 5) is 17.4. The zero-order valence-electron chi connectivity index (χ0n) is 10.8. The molecule has 0 bridgehead atoms. The maximum Gasteiger partial charge on any atom is 0.303 e. The molecule has 100 valence electrons. The van der Waals surface area contributed by atoms with E-state index in [0.717, 1.165) is 36.9 Å². The highest BCUT2D eigenvalue weighted by atomic mass is 32.1. The molecule has 1 aromatic rings. The number of hydrogen-bond acceptors (Lipinski definition) is 5. The SMILES string of the molecule is CC(C)c1nsc(N2CCC(CC(=O)O)CC2)n1. The van der Waals surface area contributed by atoms with Crippen LogP contribution in [0.25, 0.3) is 0 Å². The second kappa shape index (κ2) is 5.65. The van der Waals surface area contributed by atoms with E-state index >= 15 is 0 Å². The highest BCUT2D eigenvalue weighted by Gasteiger charge is 2.23. The molecule has 0 unspecified atom stereocenters. The zero-order valence-corrected chi connectivity index (χ0v) is 11.6. The molecule has 1 N–H and O–H groups in total. The van der Waals surface area contributed by atoms with Gasteiger partial charge < -0.3 is 10.0 Å². The number of carboxylic acids is 1. The Morgan fingerprint density at radius 3 is 2.67 bits per heavy atom. The van der Waals surface area contributed by atoms with Crippen molar-refractivity contribution in [2.45, 2.75) is 39.0 Å². The number of rotatable bonds is 4. The topological polar surface area (TPSA) is 66.3 Å². The Kier molecular flexibility index (Phi) is 4.16. The second-order valence-electron chi connectivity index (χ2n) is 5.12. The molecule has 0 saturated carbocycles. The fraction of sp³-hybridized carbons (Fsp3) is 0.750. The predicted molar refractivity (Wildman–Crippen MR) is 71.2 cm³/mol. The Labute approximate surface area is 111 Å². The molecule has 1 saturated heterocycles. The lowest BCUT2D eigenvalue weighted by atomic mass is 9.94. The van der Waals surface area contributed by atoms with E-state index in [0.29, 0.717) is 18.3 Å². The van der Waals surface area contributed by atoms with E-state index in [1.165, 1.54) is 11.5 Å². The highest BCUT2D eigenvalue weighted by molar-refractivity contribution is 7.09. The van der Waals surface area contributed by atoms with Gasteiger partial charge >= 0.3 is 5.97 Å². The van der Waals surface area contributed by atoms with Gasteiger partial charge in [0.1, 0.15) is 5.82 Å². The van der Waals surface area contributed by atoms with Crippen molar-refractivity contribution in [2.75, 3.05) is 18.0 Å². The van der Waals surface area contributed by atoms with Gasteiger partial charge in [-0.15, -0.1) is 0 Å². The van der Waals surface area contributed by atoms with Crippen molar-refractivity contribution in [1.82, 2.24) is 9.36 Å². The standard InChI is InChI=1S/C12H19N3O2S/c1-8(2)11-13-12(18-14-11)15-5-3-9(4-6-15)7-10(16)17/h8-9H,3-7H2,1-2H3,(H,16,17). The molecule has 2 heterocycles. The number of carbonyl (C=O) groups is 1. The second-order valence-corrected chi connectivity index (χ2v) is 5.85. The van der Waals surface area contributed by atoms with Crippen LogP contribution in [0.4, 0.5) is 5.13 Å². The van der Waals surface area contributed by atoms with Crippen LogP contribution in [-0.2, 0) is 4.79 Å². The first kappa shape index (κ1) is 13.3. The van der Waals surface area contributed by atoms with Crippen LogP contribution >= 0.6 is 11.5 Å². The summed E-state index contributed by atoms with van der Waals surface area (Å²) in [6, 6.07) is 0. The van der Waals surface area contributed by atoms with Gasteiger partial charge in [-0.25, -0.2) is 4.98 Å². The quantitative estimate of drug-likeness (QED) is 0.909. The fourth-order valence-electron chi connectivity index (χ4n) is 2.16. The number of nitrogens with zero attached hydrogens (tertiary/aromatic N) is 3. The molecule has 0 amide bonds. The van der Waals surface area contributed by atoms with Crippen LogP contribution in [0.2, 0.25) is 0 Å². The molecule has 6 heteroatoms. The highest BCUT2D eigenvalue weighted by Crippen LogP contribution is 2.27. The minimum Gasteiger partial charge on any atom is -0.481 e. The van der Waals surface area contributed by atoms with Crippen LogP contribution in [0, 0.1) is 5.92 Å². The molecule has 5 nitrogen and oxygen atoms in total. The molecule has 1 aliphatic rings. The number of aliphatic carboxylic acids is 1. The number of anilines is 1. The van der Waals surface area contributed by atoms with E-state index in [4.69, 9.17) is 5.11 Å². The number of piperidine rings is 1. The van der Waals surface area contributed by atoms with Gasteiger partial charge in [-0.1, -0.05) is 13.8 Å². The monoisotopic (exact) mass is 269 g/mol. The van der Waals surface area contributed by atoms with Crippen LogP contribution in [0.1, 0.15) is 44.9 Å². The van der Waals surface area contributed by atoms with Gasteiger partial charge in [-0.2, -0.15) is 4.37 Å². The van der Waals surface area contributed by atoms with Crippen LogP contribution in [0.5, 0.6) is 0 Å². The van der Waals surface area contributed by atoms with Crippen molar-refractivity contribution in [2.24, 2.45) is 5.92 Å². The summed E-state index contributed by atoms with van der Waals surface area (Å²) in [5.74, 6) is 0.893. The molecule has 0 aromatic carbocycles. The number of aromatic nitrogens is 2. The van der Waals surface area contributed by atoms with Gasteiger partial charge in [0.15, 0.2) is 0 Å². The number of hydrogen-bond donors (Lipinski definition) is 1. The van der Waals surface area contributed by atoms with Gasteiger partial charge in [0, 0.05) is 37.0 Å². The van der Waals surface area contributed by atoms with Crippen LogP contribution in [0.3, 0.4) is 0 Å². The third-order valence-corrected chi connectivity index (χ3v) is 4.09. The van der Waals surface area contributed by atoms with Gasteiger partial charge in [0.2, 0.25) is 5.13 Å².